The molecule has 88 valence electrons. The maximum absolute atomic E-state index is 11.8. The van der Waals surface area contributed by atoms with Crippen molar-refractivity contribution in [2.75, 3.05) is 0 Å². The summed E-state index contributed by atoms with van der Waals surface area (Å²) in [4.78, 5) is 15.9. The molecule has 0 aromatic heterocycles. The average Bonchev–Trinajstić information content (AvgIpc) is 2.31. The van der Waals surface area contributed by atoms with E-state index >= 15 is 0 Å². The van der Waals surface area contributed by atoms with E-state index in [-0.39, 0.29) is 5.91 Å². The molecular formula is C13H20N2O. The quantitative estimate of drug-likeness (QED) is 0.574. The van der Waals surface area contributed by atoms with Crippen molar-refractivity contribution in [1.82, 2.24) is 5.32 Å². The van der Waals surface area contributed by atoms with Gasteiger partial charge < -0.3 is 5.32 Å². The number of amides is 1. The summed E-state index contributed by atoms with van der Waals surface area (Å²) in [5, 5.41) is 3.02. The summed E-state index contributed by atoms with van der Waals surface area (Å²) in [5.41, 5.74) is 0.463. The number of carbonyl (C=O) groups excluding carboxylic acids is 1. The Labute approximate surface area is 97.3 Å². The maximum Gasteiger partial charge on any atom is 0.269 e. The average molecular weight is 220 g/mol. The van der Waals surface area contributed by atoms with Gasteiger partial charge in [0.25, 0.3) is 5.91 Å². The van der Waals surface area contributed by atoms with Crippen molar-refractivity contribution in [3.05, 3.63) is 24.4 Å². The first-order chi connectivity index (χ1) is 7.77. The molecule has 1 aliphatic rings. The van der Waals surface area contributed by atoms with Crippen LogP contribution in [0, 0.1) is 0 Å². The standard InChI is InChI=1S/C13H20N2O/c1-3-10-14-12(4-2)13(16)15-11-8-6-5-7-9-11/h3-4,10-11H,1,5-9H2,2H3,(H,15,16)/b12-4-,14-10?. The van der Waals surface area contributed by atoms with Gasteiger partial charge in [-0.25, -0.2) is 0 Å². The number of carbonyl (C=O) groups is 1. The molecule has 3 heteroatoms. The van der Waals surface area contributed by atoms with Gasteiger partial charge in [-0.15, -0.1) is 0 Å². The number of nitrogens with one attached hydrogen (secondary N) is 1. The second-order valence-corrected chi connectivity index (χ2v) is 4.00. The van der Waals surface area contributed by atoms with Gasteiger partial charge in [-0.1, -0.05) is 38.0 Å². The highest BCUT2D eigenvalue weighted by Crippen LogP contribution is 2.17. The van der Waals surface area contributed by atoms with E-state index in [0.717, 1.165) is 12.8 Å². The van der Waals surface area contributed by atoms with Crippen LogP contribution in [-0.2, 0) is 4.79 Å². The minimum absolute atomic E-state index is 0.0764. The van der Waals surface area contributed by atoms with Gasteiger partial charge in [0, 0.05) is 12.3 Å². The van der Waals surface area contributed by atoms with Crippen LogP contribution in [0.3, 0.4) is 0 Å². The molecule has 0 spiro atoms. The van der Waals surface area contributed by atoms with Crippen molar-refractivity contribution < 1.29 is 4.79 Å². The van der Waals surface area contributed by atoms with E-state index in [9.17, 15) is 4.79 Å². The fourth-order valence-electron chi connectivity index (χ4n) is 1.90. The van der Waals surface area contributed by atoms with Crippen LogP contribution in [0.25, 0.3) is 0 Å². The second kappa shape index (κ2) is 6.99. The van der Waals surface area contributed by atoms with Crippen LogP contribution in [0.2, 0.25) is 0 Å². The Morgan fingerprint density at radius 2 is 2.06 bits per heavy atom. The molecule has 0 bridgehead atoms. The molecule has 16 heavy (non-hydrogen) atoms. The summed E-state index contributed by atoms with van der Waals surface area (Å²) in [6.07, 6.45) is 10.7. The zero-order valence-corrected chi connectivity index (χ0v) is 9.91. The van der Waals surface area contributed by atoms with E-state index in [0.29, 0.717) is 11.7 Å². The molecule has 1 N–H and O–H groups in total. The smallest absolute Gasteiger partial charge is 0.269 e. The predicted octanol–water partition coefficient (Wildman–Crippen LogP) is 2.60. The molecule has 1 amide bonds. The van der Waals surface area contributed by atoms with Crippen LogP contribution in [0.5, 0.6) is 0 Å². The van der Waals surface area contributed by atoms with Gasteiger partial charge in [0.2, 0.25) is 0 Å². The van der Waals surface area contributed by atoms with Crippen LogP contribution in [0.15, 0.2) is 29.4 Å². The number of aliphatic imine (C=N–C) groups is 1. The SMILES string of the molecule is C=CC=N/C(=C\C)C(=O)NC1CCCCC1. The Kier molecular flexibility index (Phi) is 5.54. The van der Waals surface area contributed by atoms with Gasteiger partial charge in [-0.2, -0.15) is 0 Å². The Hall–Kier alpha value is -1.38. The number of rotatable bonds is 4. The highest BCUT2D eigenvalue weighted by atomic mass is 16.2. The molecule has 1 fully saturated rings. The molecule has 0 radical (unpaired) electrons. The number of hydrogen-bond donors (Lipinski definition) is 1. The summed E-state index contributed by atoms with van der Waals surface area (Å²) in [5.74, 6) is -0.0764. The number of allylic oxidation sites excluding steroid dienone is 2. The van der Waals surface area contributed by atoms with Crippen molar-refractivity contribution in [3.63, 3.8) is 0 Å². The van der Waals surface area contributed by atoms with Gasteiger partial charge in [0.15, 0.2) is 0 Å². The first-order valence-electron chi connectivity index (χ1n) is 5.90. The molecule has 0 aromatic rings. The second-order valence-electron chi connectivity index (χ2n) is 4.00. The molecule has 3 nitrogen and oxygen atoms in total. The van der Waals surface area contributed by atoms with Crippen LogP contribution in [0.4, 0.5) is 0 Å². The minimum Gasteiger partial charge on any atom is -0.348 e. The molecule has 0 aliphatic heterocycles. The molecule has 1 rings (SSSR count). The molecular weight excluding hydrogens is 200 g/mol. The van der Waals surface area contributed by atoms with E-state index < -0.39 is 0 Å². The van der Waals surface area contributed by atoms with E-state index in [4.69, 9.17) is 0 Å². The Morgan fingerprint density at radius 3 is 2.62 bits per heavy atom. The lowest BCUT2D eigenvalue weighted by molar-refractivity contribution is -0.118. The zero-order chi connectivity index (χ0) is 11.8. The number of hydrogen-bond acceptors (Lipinski definition) is 2. The summed E-state index contributed by atoms with van der Waals surface area (Å²) >= 11 is 0. The van der Waals surface area contributed by atoms with Gasteiger partial charge in [0.05, 0.1) is 0 Å². The van der Waals surface area contributed by atoms with Gasteiger partial charge >= 0.3 is 0 Å². The van der Waals surface area contributed by atoms with Crippen molar-refractivity contribution in [2.45, 2.75) is 45.1 Å². The number of nitrogens with zero attached hydrogens (tertiary/aromatic N) is 1. The van der Waals surface area contributed by atoms with Crippen molar-refractivity contribution in [3.8, 4) is 0 Å². The first-order valence-corrected chi connectivity index (χ1v) is 5.90. The molecule has 1 saturated carbocycles. The highest BCUT2D eigenvalue weighted by molar-refractivity contribution is 5.95. The molecule has 0 aromatic carbocycles. The zero-order valence-electron chi connectivity index (χ0n) is 9.91. The van der Waals surface area contributed by atoms with E-state index in [1.165, 1.54) is 25.5 Å². The van der Waals surface area contributed by atoms with Crippen molar-refractivity contribution >= 4 is 12.1 Å². The van der Waals surface area contributed by atoms with Gasteiger partial charge in [-0.3, -0.25) is 9.79 Å². The van der Waals surface area contributed by atoms with Crippen LogP contribution in [0.1, 0.15) is 39.0 Å². The van der Waals surface area contributed by atoms with E-state index in [1.54, 1.807) is 12.2 Å². The fraction of sp³-hybridized carbons (Fsp3) is 0.538. The first kappa shape index (κ1) is 12.7. The summed E-state index contributed by atoms with van der Waals surface area (Å²) < 4.78 is 0. The summed E-state index contributed by atoms with van der Waals surface area (Å²) in [6, 6.07) is 0.329. The van der Waals surface area contributed by atoms with Crippen molar-refractivity contribution in [2.24, 2.45) is 4.99 Å². The third-order valence-corrected chi connectivity index (χ3v) is 2.77. The molecule has 0 atom stereocenters. The lowest BCUT2D eigenvalue weighted by atomic mass is 9.95. The fourth-order valence-corrected chi connectivity index (χ4v) is 1.90. The van der Waals surface area contributed by atoms with Crippen molar-refractivity contribution in [1.29, 1.82) is 0 Å². The van der Waals surface area contributed by atoms with Gasteiger partial charge in [-0.05, 0) is 19.8 Å². The highest BCUT2D eigenvalue weighted by Gasteiger charge is 2.16. The molecule has 0 heterocycles. The van der Waals surface area contributed by atoms with Gasteiger partial charge in [0.1, 0.15) is 5.70 Å². The lowest BCUT2D eigenvalue weighted by Gasteiger charge is -2.22. The third-order valence-electron chi connectivity index (χ3n) is 2.77. The topological polar surface area (TPSA) is 41.5 Å². The summed E-state index contributed by atoms with van der Waals surface area (Å²) in [6.45, 7) is 5.35. The normalized spacial score (nSPS) is 18.7. The van der Waals surface area contributed by atoms with Crippen LogP contribution >= 0.6 is 0 Å². The Bertz CT molecular complexity index is 299. The molecule has 0 saturated heterocycles. The largest absolute Gasteiger partial charge is 0.348 e. The Morgan fingerprint density at radius 1 is 1.38 bits per heavy atom. The minimum atomic E-state index is -0.0764. The van der Waals surface area contributed by atoms with Crippen LogP contribution < -0.4 is 5.32 Å². The lowest BCUT2D eigenvalue weighted by Crippen LogP contribution is -2.36. The Balaban J connectivity index is 2.48. The monoisotopic (exact) mass is 220 g/mol. The summed E-state index contributed by atoms with van der Waals surface area (Å²) in [7, 11) is 0. The predicted molar refractivity (Wildman–Crippen MR) is 67.5 cm³/mol. The third kappa shape index (κ3) is 4.01. The maximum atomic E-state index is 11.8. The van der Waals surface area contributed by atoms with E-state index in [2.05, 4.69) is 16.9 Å². The molecule has 1 aliphatic carbocycles. The van der Waals surface area contributed by atoms with Crippen LogP contribution in [-0.4, -0.2) is 18.2 Å². The van der Waals surface area contributed by atoms with E-state index in [1.807, 2.05) is 6.92 Å². The molecule has 0 unspecified atom stereocenters.